The van der Waals surface area contributed by atoms with Crippen LogP contribution in [0.3, 0.4) is 0 Å². The number of nitrogens with zero attached hydrogens (tertiary/aromatic N) is 2. The zero-order valence-corrected chi connectivity index (χ0v) is 11.9. The number of anilines is 1. The fourth-order valence-corrected chi connectivity index (χ4v) is 1.96. The maximum Gasteiger partial charge on any atom is 0.288 e. The number of aromatic nitrogens is 3. The predicted molar refractivity (Wildman–Crippen MR) is 75.6 cm³/mol. The molecule has 0 aliphatic heterocycles. The van der Waals surface area contributed by atoms with E-state index in [4.69, 9.17) is 5.73 Å². The second kappa shape index (κ2) is 5.83. The van der Waals surface area contributed by atoms with Crippen LogP contribution in [-0.2, 0) is 6.42 Å². The summed E-state index contributed by atoms with van der Waals surface area (Å²) in [7, 11) is 0. The molecule has 0 spiro atoms. The maximum atomic E-state index is 11.8. The minimum atomic E-state index is -0.311. The quantitative estimate of drug-likeness (QED) is 0.794. The van der Waals surface area contributed by atoms with Crippen molar-refractivity contribution in [3.05, 3.63) is 40.1 Å². The molecule has 0 saturated heterocycles. The fraction of sp³-hybridized carbons (Fsp3) is 0.250. The molecule has 1 heterocycles. The fourth-order valence-electron chi connectivity index (χ4n) is 1.69. The number of nitrogen functional groups attached to an aromatic ring is 1. The number of rotatable bonds is 4. The highest BCUT2D eigenvalue weighted by Crippen LogP contribution is 2.12. The Labute approximate surface area is 118 Å². The van der Waals surface area contributed by atoms with Crippen LogP contribution in [0.25, 0.3) is 0 Å². The topological polar surface area (TPSA) is 96.7 Å². The minimum absolute atomic E-state index is 0.0139. The van der Waals surface area contributed by atoms with E-state index >= 15 is 0 Å². The van der Waals surface area contributed by atoms with Crippen molar-refractivity contribution in [2.24, 2.45) is 0 Å². The van der Waals surface area contributed by atoms with E-state index in [-0.39, 0.29) is 23.7 Å². The van der Waals surface area contributed by atoms with Gasteiger partial charge in [0, 0.05) is 10.5 Å². The molecule has 2 rings (SSSR count). The first kappa shape index (κ1) is 13.5. The van der Waals surface area contributed by atoms with Crippen LogP contribution >= 0.6 is 15.9 Å². The first-order valence-electron chi connectivity index (χ1n) is 5.78. The number of halogens is 1. The van der Waals surface area contributed by atoms with E-state index in [0.29, 0.717) is 0 Å². The molecule has 1 atom stereocenters. The number of nitrogens with two attached hydrogens (primary N) is 1. The zero-order valence-electron chi connectivity index (χ0n) is 10.4. The van der Waals surface area contributed by atoms with Gasteiger partial charge in [0.25, 0.3) is 5.91 Å². The van der Waals surface area contributed by atoms with Crippen LogP contribution in [0.1, 0.15) is 23.1 Å². The molecule has 1 amide bonds. The van der Waals surface area contributed by atoms with Gasteiger partial charge in [-0.3, -0.25) is 9.89 Å². The lowest BCUT2D eigenvalue weighted by atomic mass is 10.1. The summed E-state index contributed by atoms with van der Waals surface area (Å²) in [5.41, 5.74) is 6.49. The van der Waals surface area contributed by atoms with Crippen molar-refractivity contribution in [3.8, 4) is 0 Å². The number of hydrogen-bond acceptors (Lipinski definition) is 4. The molecular weight excluding hydrogens is 310 g/mol. The van der Waals surface area contributed by atoms with Crippen LogP contribution in [0, 0.1) is 0 Å². The lowest BCUT2D eigenvalue weighted by Crippen LogP contribution is -2.34. The molecule has 1 aromatic heterocycles. The molecule has 6 nitrogen and oxygen atoms in total. The van der Waals surface area contributed by atoms with E-state index in [0.717, 1.165) is 16.5 Å². The monoisotopic (exact) mass is 323 g/mol. The van der Waals surface area contributed by atoms with Crippen LogP contribution in [0.15, 0.2) is 28.7 Å². The van der Waals surface area contributed by atoms with Crippen LogP contribution < -0.4 is 11.1 Å². The molecule has 19 heavy (non-hydrogen) atoms. The number of benzene rings is 1. The molecule has 1 unspecified atom stereocenters. The van der Waals surface area contributed by atoms with Gasteiger partial charge in [0.1, 0.15) is 0 Å². The molecule has 7 heteroatoms. The molecule has 0 fully saturated rings. The highest BCUT2D eigenvalue weighted by atomic mass is 79.9. The number of nitrogens with one attached hydrogen (secondary N) is 2. The highest BCUT2D eigenvalue weighted by Gasteiger charge is 2.13. The number of carbonyl (C=O) groups is 1. The van der Waals surface area contributed by atoms with Crippen LogP contribution in [0.4, 0.5) is 5.95 Å². The van der Waals surface area contributed by atoms with Crippen LogP contribution in [0.2, 0.25) is 0 Å². The van der Waals surface area contributed by atoms with Crippen molar-refractivity contribution in [2.75, 3.05) is 5.73 Å². The van der Waals surface area contributed by atoms with Crippen LogP contribution in [0.5, 0.6) is 0 Å². The Balaban J connectivity index is 1.92. The van der Waals surface area contributed by atoms with Gasteiger partial charge in [-0.1, -0.05) is 28.1 Å². The van der Waals surface area contributed by atoms with Gasteiger partial charge in [-0.05, 0) is 31.0 Å². The average Bonchev–Trinajstić information content (AvgIpc) is 2.79. The smallest absolute Gasteiger partial charge is 0.288 e. The van der Waals surface area contributed by atoms with E-state index in [1.54, 1.807) is 0 Å². The third kappa shape index (κ3) is 3.78. The predicted octanol–water partition coefficient (Wildman–Crippen LogP) is 1.51. The number of amides is 1. The van der Waals surface area contributed by atoms with E-state index in [2.05, 4.69) is 36.4 Å². The van der Waals surface area contributed by atoms with E-state index in [1.165, 1.54) is 0 Å². The summed E-state index contributed by atoms with van der Waals surface area (Å²) < 4.78 is 1.03. The van der Waals surface area contributed by atoms with Gasteiger partial charge in [0.2, 0.25) is 11.8 Å². The van der Waals surface area contributed by atoms with Crippen molar-refractivity contribution < 1.29 is 4.79 Å². The lowest BCUT2D eigenvalue weighted by molar-refractivity contribution is 0.0930. The molecular formula is C12H14BrN5O. The molecule has 0 aliphatic rings. The summed E-state index contributed by atoms with van der Waals surface area (Å²) in [6, 6.07) is 7.96. The largest absolute Gasteiger partial charge is 0.366 e. The summed E-state index contributed by atoms with van der Waals surface area (Å²) in [5, 5.41) is 8.92. The van der Waals surface area contributed by atoms with E-state index < -0.39 is 0 Å². The zero-order chi connectivity index (χ0) is 13.8. The minimum Gasteiger partial charge on any atom is -0.366 e. The van der Waals surface area contributed by atoms with Gasteiger partial charge in [-0.25, -0.2) is 0 Å². The van der Waals surface area contributed by atoms with Gasteiger partial charge >= 0.3 is 0 Å². The Hall–Kier alpha value is -1.89. The van der Waals surface area contributed by atoms with Crippen molar-refractivity contribution in [1.29, 1.82) is 0 Å². The van der Waals surface area contributed by atoms with Crippen molar-refractivity contribution >= 4 is 27.8 Å². The maximum absolute atomic E-state index is 11.8. The molecule has 0 saturated carbocycles. The normalized spacial score (nSPS) is 12.1. The average molecular weight is 324 g/mol. The summed E-state index contributed by atoms with van der Waals surface area (Å²) in [5.74, 6) is -0.125. The summed E-state index contributed by atoms with van der Waals surface area (Å²) in [6.07, 6.45) is 0.739. The van der Waals surface area contributed by atoms with Gasteiger partial charge in [-0.2, -0.15) is 4.98 Å². The van der Waals surface area contributed by atoms with E-state index in [1.807, 2.05) is 31.2 Å². The number of H-pyrrole nitrogens is 1. The number of aromatic amines is 1. The first-order valence-corrected chi connectivity index (χ1v) is 6.57. The Kier molecular flexibility index (Phi) is 4.16. The van der Waals surface area contributed by atoms with Crippen molar-refractivity contribution in [1.82, 2.24) is 20.5 Å². The molecule has 0 bridgehead atoms. The number of carbonyl (C=O) groups excluding carboxylic acids is 1. The third-order valence-corrected chi connectivity index (χ3v) is 3.08. The van der Waals surface area contributed by atoms with Gasteiger partial charge in [0.05, 0.1) is 0 Å². The third-order valence-electron chi connectivity index (χ3n) is 2.55. The molecule has 0 radical (unpaired) electrons. The van der Waals surface area contributed by atoms with Gasteiger partial charge < -0.3 is 11.1 Å². The molecule has 2 aromatic rings. The SMILES string of the molecule is CC(Cc1ccc(Br)cc1)NC(=O)c1nc(N)n[nH]1. The van der Waals surface area contributed by atoms with Gasteiger partial charge in [-0.15, -0.1) is 5.10 Å². The summed E-state index contributed by atoms with van der Waals surface area (Å²) in [6.45, 7) is 1.93. The Morgan fingerprint density at radius 3 is 2.74 bits per heavy atom. The Morgan fingerprint density at radius 2 is 2.16 bits per heavy atom. The molecule has 0 aliphatic carbocycles. The van der Waals surface area contributed by atoms with E-state index in [9.17, 15) is 4.79 Å². The lowest BCUT2D eigenvalue weighted by Gasteiger charge is -2.12. The summed E-state index contributed by atoms with van der Waals surface area (Å²) >= 11 is 3.38. The molecule has 100 valence electrons. The standard InChI is InChI=1S/C12H14BrN5O/c1-7(6-8-2-4-9(13)5-3-8)15-11(19)10-16-12(14)18-17-10/h2-5,7H,6H2,1H3,(H,15,19)(H3,14,16,17,18). The second-order valence-corrected chi connectivity index (χ2v) is 5.16. The Morgan fingerprint density at radius 1 is 1.47 bits per heavy atom. The van der Waals surface area contributed by atoms with Gasteiger partial charge in [0.15, 0.2) is 0 Å². The van der Waals surface area contributed by atoms with Crippen molar-refractivity contribution in [2.45, 2.75) is 19.4 Å². The summed E-state index contributed by atoms with van der Waals surface area (Å²) in [4.78, 5) is 15.6. The first-order chi connectivity index (χ1) is 9.04. The van der Waals surface area contributed by atoms with Crippen molar-refractivity contribution in [3.63, 3.8) is 0 Å². The Bertz CT molecular complexity index is 566. The highest BCUT2D eigenvalue weighted by molar-refractivity contribution is 9.10. The van der Waals surface area contributed by atoms with Crippen LogP contribution in [-0.4, -0.2) is 27.1 Å². The molecule has 4 N–H and O–H groups in total. The molecule has 1 aromatic carbocycles. The number of hydrogen-bond donors (Lipinski definition) is 3. The second-order valence-electron chi connectivity index (χ2n) is 4.25.